The lowest BCUT2D eigenvalue weighted by atomic mass is 9.76. The molecule has 0 spiro atoms. The molecular weight excluding hydrogens is 226 g/mol. The quantitative estimate of drug-likeness (QED) is 0.883. The van der Waals surface area contributed by atoms with Gasteiger partial charge in [0.2, 0.25) is 6.79 Å². The lowest BCUT2D eigenvalue weighted by Gasteiger charge is -2.34. The van der Waals surface area contributed by atoms with Crippen molar-refractivity contribution in [2.75, 3.05) is 13.8 Å². The Morgan fingerprint density at radius 2 is 2.28 bits per heavy atom. The molecule has 0 bridgehead atoms. The molecule has 3 aliphatic rings. The number of fused-ring (bicyclic) bond motifs is 2. The van der Waals surface area contributed by atoms with Crippen LogP contribution in [0.3, 0.4) is 0 Å². The maximum absolute atomic E-state index is 5.45. The minimum Gasteiger partial charge on any atom is -0.454 e. The van der Waals surface area contributed by atoms with E-state index in [4.69, 9.17) is 9.47 Å². The van der Waals surface area contributed by atoms with Crippen molar-refractivity contribution < 1.29 is 9.47 Å². The van der Waals surface area contributed by atoms with Crippen LogP contribution >= 0.6 is 0 Å². The number of hydrogen-bond donors (Lipinski definition) is 1. The highest BCUT2D eigenvalue weighted by Gasteiger charge is 2.64. The van der Waals surface area contributed by atoms with Gasteiger partial charge < -0.3 is 14.8 Å². The first kappa shape index (κ1) is 10.7. The highest BCUT2D eigenvalue weighted by molar-refractivity contribution is 5.44. The lowest BCUT2D eigenvalue weighted by molar-refractivity contribution is 0.174. The Balaban J connectivity index is 1.53. The van der Waals surface area contributed by atoms with Crippen molar-refractivity contribution in [2.45, 2.75) is 31.7 Å². The highest BCUT2D eigenvalue weighted by Crippen LogP contribution is 2.69. The van der Waals surface area contributed by atoms with Crippen LogP contribution < -0.4 is 14.8 Å². The Hall–Kier alpha value is -1.22. The van der Waals surface area contributed by atoms with Gasteiger partial charge in [-0.15, -0.1) is 0 Å². The summed E-state index contributed by atoms with van der Waals surface area (Å²) in [6.07, 6.45) is 5.39. The average molecular weight is 245 g/mol. The predicted molar refractivity (Wildman–Crippen MR) is 68.9 cm³/mol. The Kier molecular flexibility index (Phi) is 2.16. The standard InChI is InChI=1S/C15H19NO2/c1-16-14(15-5-4-11(15)8-15)7-10-2-3-12-13(6-10)18-9-17-12/h2-3,6,11,14,16H,4-5,7-9H2,1H3. The van der Waals surface area contributed by atoms with Gasteiger partial charge in [-0.1, -0.05) is 6.07 Å². The number of hydrogen-bond acceptors (Lipinski definition) is 3. The second-order valence-electron chi connectivity index (χ2n) is 5.91. The molecule has 2 aliphatic carbocycles. The molecule has 2 fully saturated rings. The molecule has 1 aromatic carbocycles. The second-order valence-corrected chi connectivity index (χ2v) is 5.91. The molecule has 4 rings (SSSR count). The van der Waals surface area contributed by atoms with Gasteiger partial charge in [0.05, 0.1) is 0 Å². The fraction of sp³-hybridized carbons (Fsp3) is 0.600. The van der Waals surface area contributed by atoms with Gasteiger partial charge in [0, 0.05) is 6.04 Å². The number of nitrogens with one attached hydrogen (secondary N) is 1. The number of benzene rings is 1. The Bertz CT molecular complexity index is 483. The maximum Gasteiger partial charge on any atom is 0.231 e. The predicted octanol–water partition coefficient (Wildman–Crippen LogP) is 2.35. The molecule has 0 saturated heterocycles. The van der Waals surface area contributed by atoms with E-state index in [9.17, 15) is 0 Å². The highest BCUT2D eigenvalue weighted by atomic mass is 16.7. The maximum atomic E-state index is 5.45. The minimum absolute atomic E-state index is 0.361. The van der Waals surface area contributed by atoms with Gasteiger partial charge in [0.1, 0.15) is 0 Å². The third-order valence-electron chi connectivity index (χ3n) is 5.16. The molecule has 3 atom stereocenters. The molecule has 1 N–H and O–H groups in total. The van der Waals surface area contributed by atoms with Gasteiger partial charge >= 0.3 is 0 Å². The minimum atomic E-state index is 0.361. The van der Waals surface area contributed by atoms with Gasteiger partial charge in [-0.2, -0.15) is 0 Å². The fourth-order valence-corrected chi connectivity index (χ4v) is 3.82. The molecule has 1 aromatic rings. The Labute approximate surface area is 107 Å². The summed E-state index contributed by atoms with van der Waals surface area (Å²) in [5.74, 6) is 2.79. The Morgan fingerprint density at radius 3 is 2.94 bits per heavy atom. The molecule has 3 nitrogen and oxygen atoms in total. The van der Waals surface area contributed by atoms with Crippen molar-refractivity contribution in [3.8, 4) is 11.5 Å². The van der Waals surface area contributed by atoms with Crippen molar-refractivity contribution in [2.24, 2.45) is 11.3 Å². The van der Waals surface area contributed by atoms with Crippen molar-refractivity contribution in [3.63, 3.8) is 0 Å². The number of ether oxygens (including phenoxy) is 2. The van der Waals surface area contributed by atoms with Crippen LogP contribution in [0.25, 0.3) is 0 Å². The van der Waals surface area contributed by atoms with E-state index in [0.29, 0.717) is 18.2 Å². The van der Waals surface area contributed by atoms with Crippen LogP contribution in [-0.4, -0.2) is 19.9 Å². The van der Waals surface area contributed by atoms with Gasteiger partial charge in [-0.25, -0.2) is 0 Å². The van der Waals surface area contributed by atoms with Crippen LogP contribution in [0.2, 0.25) is 0 Å². The van der Waals surface area contributed by atoms with Crippen molar-refractivity contribution >= 4 is 0 Å². The van der Waals surface area contributed by atoms with E-state index in [1.54, 1.807) is 0 Å². The summed E-state index contributed by atoms with van der Waals surface area (Å²) in [4.78, 5) is 0. The van der Waals surface area contributed by atoms with Crippen LogP contribution in [0.4, 0.5) is 0 Å². The topological polar surface area (TPSA) is 30.5 Å². The molecule has 96 valence electrons. The van der Waals surface area contributed by atoms with E-state index in [2.05, 4.69) is 24.5 Å². The van der Waals surface area contributed by atoms with E-state index >= 15 is 0 Å². The van der Waals surface area contributed by atoms with Gasteiger partial charge in [0.25, 0.3) is 0 Å². The summed E-state index contributed by atoms with van der Waals surface area (Å²) in [6, 6.07) is 6.97. The molecule has 2 saturated carbocycles. The van der Waals surface area contributed by atoms with Crippen LogP contribution in [0.15, 0.2) is 18.2 Å². The molecule has 0 aromatic heterocycles. The summed E-state index contributed by atoms with van der Waals surface area (Å²) in [6.45, 7) is 0.361. The van der Waals surface area contributed by atoms with E-state index in [1.165, 1.54) is 24.8 Å². The van der Waals surface area contributed by atoms with E-state index < -0.39 is 0 Å². The molecular formula is C15H19NO2. The monoisotopic (exact) mass is 245 g/mol. The fourth-order valence-electron chi connectivity index (χ4n) is 3.82. The van der Waals surface area contributed by atoms with Gasteiger partial charge in [-0.3, -0.25) is 0 Å². The SMILES string of the molecule is CNC(Cc1ccc2c(c1)OCO2)C12CCC1C2. The summed E-state index contributed by atoms with van der Waals surface area (Å²) in [5.41, 5.74) is 1.98. The van der Waals surface area contributed by atoms with Gasteiger partial charge in [-0.05, 0) is 61.8 Å². The normalized spacial score (nSPS) is 32.6. The van der Waals surface area contributed by atoms with E-state index in [1.807, 2.05) is 6.07 Å². The summed E-state index contributed by atoms with van der Waals surface area (Å²) >= 11 is 0. The summed E-state index contributed by atoms with van der Waals surface area (Å²) in [5, 5.41) is 3.53. The third-order valence-corrected chi connectivity index (χ3v) is 5.16. The van der Waals surface area contributed by atoms with E-state index in [0.717, 1.165) is 23.8 Å². The lowest BCUT2D eigenvalue weighted by Crippen LogP contribution is -2.41. The average Bonchev–Trinajstić information content (AvgIpc) is 2.78. The number of rotatable bonds is 4. The van der Waals surface area contributed by atoms with Crippen LogP contribution in [0, 0.1) is 11.3 Å². The van der Waals surface area contributed by atoms with Crippen molar-refractivity contribution in [3.05, 3.63) is 23.8 Å². The number of likely N-dealkylation sites (N-methyl/N-ethyl adjacent to an activating group) is 1. The van der Waals surface area contributed by atoms with E-state index in [-0.39, 0.29) is 0 Å². The molecule has 0 amide bonds. The van der Waals surface area contributed by atoms with Crippen molar-refractivity contribution in [1.29, 1.82) is 0 Å². The molecule has 18 heavy (non-hydrogen) atoms. The van der Waals surface area contributed by atoms with Crippen molar-refractivity contribution in [1.82, 2.24) is 5.32 Å². The smallest absolute Gasteiger partial charge is 0.231 e. The van der Waals surface area contributed by atoms with Crippen LogP contribution in [-0.2, 0) is 6.42 Å². The van der Waals surface area contributed by atoms with Gasteiger partial charge in [0.15, 0.2) is 11.5 Å². The largest absolute Gasteiger partial charge is 0.454 e. The zero-order chi connectivity index (χ0) is 12.2. The molecule has 3 unspecified atom stereocenters. The third kappa shape index (κ3) is 1.40. The molecule has 1 aliphatic heterocycles. The Morgan fingerprint density at radius 1 is 1.39 bits per heavy atom. The first-order chi connectivity index (χ1) is 8.82. The zero-order valence-corrected chi connectivity index (χ0v) is 10.7. The second kappa shape index (κ2) is 3.64. The zero-order valence-electron chi connectivity index (χ0n) is 10.7. The first-order valence-corrected chi connectivity index (χ1v) is 6.88. The first-order valence-electron chi connectivity index (χ1n) is 6.88. The van der Waals surface area contributed by atoms with Crippen LogP contribution in [0.1, 0.15) is 24.8 Å². The van der Waals surface area contributed by atoms with Crippen LogP contribution in [0.5, 0.6) is 11.5 Å². The summed E-state index contributed by atoms with van der Waals surface area (Å²) in [7, 11) is 2.10. The molecule has 3 heteroatoms. The summed E-state index contributed by atoms with van der Waals surface area (Å²) < 4.78 is 10.8. The molecule has 1 heterocycles. The molecule has 0 radical (unpaired) electrons.